The number of rotatable bonds is 23. The Labute approximate surface area is 385 Å². The molecular formula is C37H48N2Na2O14S3. The van der Waals surface area contributed by atoms with Crippen LogP contribution >= 0.6 is 0 Å². The van der Waals surface area contributed by atoms with E-state index in [1.165, 1.54) is 24.5 Å². The van der Waals surface area contributed by atoms with Crippen LogP contribution < -0.4 is 73.9 Å². The van der Waals surface area contributed by atoms with Crippen molar-refractivity contribution >= 4 is 42.1 Å². The number of benzene rings is 2. The van der Waals surface area contributed by atoms with Gasteiger partial charge < -0.3 is 42.3 Å². The smallest absolute Gasteiger partial charge is 0.748 e. The van der Waals surface area contributed by atoms with Crippen molar-refractivity contribution in [3.05, 3.63) is 83.1 Å². The van der Waals surface area contributed by atoms with Gasteiger partial charge in [-0.3, -0.25) is 0 Å². The number of hydrogen-bond acceptors (Lipinski definition) is 15. The van der Waals surface area contributed by atoms with Gasteiger partial charge in [-0.1, -0.05) is 12.2 Å². The maximum atomic E-state index is 12.1. The molecule has 21 heteroatoms. The van der Waals surface area contributed by atoms with Crippen LogP contribution in [0.15, 0.2) is 75.9 Å². The fourth-order valence-electron chi connectivity index (χ4n) is 6.66. The van der Waals surface area contributed by atoms with Gasteiger partial charge in [-0.2, -0.15) is 0 Å². The Morgan fingerprint density at radius 1 is 0.845 bits per heavy atom. The van der Waals surface area contributed by atoms with Gasteiger partial charge in [-0.15, -0.1) is 0 Å². The number of aliphatic hydroxyl groups is 1. The van der Waals surface area contributed by atoms with Crippen molar-refractivity contribution in [3.8, 4) is 11.3 Å². The van der Waals surface area contributed by atoms with Gasteiger partial charge in [0.15, 0.2) is 0 Å². The van der Waals surface area contributed by atoms with E-state index in [2.05, 4.69) is 0 Å². The number of hydrogen-bond donors (Lipinski definition) is 1. The quantitative estimate of drug-likeness (QED) is 0.0414. The molecule has 0 spiro atoms. The van der Waals surface area contributed by atoms with Crippen molar-refractivity contribution in [2.45, 2.75) is 43.4 Å². The van der Waals surface area contributed by atoms with E-state index in [9.17, 15) is 38.9 Å². The molecule has 0 amide bonds. The molecule has 4 rings (SSSR count). The molecule has 1 unspecified atom stereocenters. The monoisotopic (exact) mass is 886 g/mol. The molecule has 0 bridgehead atoms. The Balaban J connectivity index is 0.00000580. The van der Waals surface area contributed by atoms with Crippen LogP contribution in [0.4, 0.5) is 5.69 Å². The van der Waals surface area contributed by atoms with E-state index in [4.69, 9.17) is 23.7 Å². The largest absolute Gasteiger partial charge is 1.00 e. The van der Waals surface area contributed by atoms with E-state index in [1.54, 1.807) is 12.1 Å². The summed E-state index contributed by atoms with van der Waals surface area (Å²) in [6, 6.07) is 11.4. The van der Waals surface area contributed by atoms with E-state index in [-0.39, 0.29) is 118 Å². The van der Waals surface area contributed by atoms with Gasteiger partial charge in [0.25, 0.3) is 0 Å². The number of fused-ring (bicyclic) bond motifs is 2. The Hall–Kier alpha value is -1.50. The standard InChI is InChI=1S/C37H50N2O14S3.2Na/c1-3-38(15-6-26-55(44,45)46)30-9-11-32-29(13-18-53-35(32)27-30)7-4-8-36-37(2,14-5-25-54(41,42)43)33-28-31(56(47,48)49)10-12-34(33)39(36)16-19-50-21-23-52-24-22-51-20-17-40;;/h4,7-13,18,27-28,40H,3,5-6,14-17,19-26H2,1-2H3,(H2-,41,42,43,44,45,46,47,48,49);;/q;2*+1/p-2. The summed E-state index contributed by atoms with van der Waals surface area (Å²) in [6.07, 6.45) is 7.26. The summed E-state index contributed by atoms with van der Waals surface area (Å²) in [7, 11) is -13.7. The van der Waals surface area contributed by atoms with Gasteiger partial charge >= 0.3 is 59.1 Å². The fraction of sp³-hybridized carbons (Fsp3) is 0.486. The molecule has 58 heavy (non-hydrogen) atoms. The average Bonchev–Trinajstić information content (AvgIpc) is 3.35. The molecule has 1 atom stereocenters. The third kappa shape index (κ3) is 15.8. The molecule has 1 aromatic rings. The zero-order chi connectivity index (χ0) is 41.0. The fourth-order valence-corrected chi connectivity index (χ4v) is 8.14. The van der Waals surface area contributed by atoms with E-state index < -0.39 is 52.2 Å². The first-order chi connectivity index (χ1) is 26.5. The minimum atomic E-state index is -4.84. The molecule has 16 nitrogen and oxygen atoms in total. The van der Waals surface area contributed by atoms with Crippen molar-refractivity contribution in [1.29, 1.82) is 0 Å². The summed E-state index contributed by atoms with van der Waals surface area (Å²) in [4.78, 5) is 1.47. The third-order valence-corrected chi connectivity index (χ3v) is 11.7. The van der Waals surface area contributed by atoms with Gasteiger partial charge in [-0.05, 0) is 74.2 Å². The molecule has 2 aliphatic heterocycles. The maximum Gasteiger partial charge on any atom is 1.00 e. The van der Waals surface area contributed by atoms with Gasteiger partial charge in [0, 0.05) is 52.9 Å². The van der Waals surface area contributed by atoms with Crippen LogP contribution in [0.5, 0.6) is 0 Å². The second kappa shape index (κ2) is 24.2. The van der Waals surface area contributed by atoms with Crippen molar-refractivity contribution in [1.82, 2.24) is 4.58 Å². The van der Waals surface area contributed by atoms with Crippen molar-refractivity contribution in [3.63, 3.8) is 0 Å². The van der Waals surface area contributed by atoms with Gasteiger partial charge in [0.1, 0.15) is 29.0 Å². The molecule has 0 saturated heterocycles. The Morgan fingerprint density at radius 2 is 1.48 bits per heavy atom. The number of anilines is 1. The second-order valence-electron chi connectivity index (χ2n) is 13.2. The first kappa shape index (κ1) is 52.6. The Morgan fingerprint density at radius 3 is 2.10 bits per heavy atom. The number of ether oxygens (including phenoxy) is 3. The zero-order valence-electron chi connectivity index (χ0n) is 33.3. The SMILES string of the molecule is CC[N+](CCCS(=O)(=O)[O-])=c1ccc2c(/C=C/C=C3/N(CCOCCOCCOCCO)c4ccc(S(=O)(=O)[O-])cc4C3(C)CCCS(=O)(=O)[O-])ccoc-2c1.[Na+].[Na+]. The molecule has 0 fully saturated rings. The predicted molar refractivity (Wildman–Crippen MR) is 205 cm³/mol. The normalized spacial score (nSPS) is 17.1. The van der Waals surface area contributed by atoms with Crippen LogP contribution in [-0.2, 0) is 50.0 Å². The topological polar surface area (TPSA) is 239 Å². The summed E-state index contributed by atoms with van der Waals surface area (Å²) in [5.74, 6) is -0.546. The molecule has 0 saturated carbocycles. The minimum absolute atomic E-state index is 0. The average molecular weight is 887 g/mol. The molecule has 0 radical (unpaired) electrons. The molecule has 1 aliphatic carbocycles. The van der Waals surface area contributed by atoms with Gasteiger partial charge in [-0.25, -0.2) is 29.8 Å². The van der Waals surface area contributed by atoms with Crippen LogP contribution in [0.25, 0.3) is 17.4 Å². The molecule has 0 aromatic heterocycles. The number of aliphatic hydroxyl groups excluding tert-OH is 1. The van der Waals surface area contributed by atoms with Gasteiger partial charge in [0.05, 0.1) is 83.7 Å². The van der Waals surface area contributed by atoms with Crippen LogP contribution in [0.1, 0.15) is 44.2 Å². The van der Waals surface area contributed by atoms with Crippen molar-refractivity contribution in [2.24, 2.45) is 0 Å². The van der Waals surface area contributed by atoms with E-state index in [0.717, 1.165) is 16.5 Å². The summed E-state index contributed by atoms with van der Waals surface area (Å²) < 4.78 is 129. The molecule has 1 N–H and O–H groups in total. The summed E-state index contributed by atoms with van der Waals surface area (Å²) >= 11 is 0. The summed E-state index contributed by atoms with van der Waals surface area (Å²) in [5, 5.41) is 9.58. The Bertz CT molecular complexity index is 2230. The molecule has 3 aliphatic rings. The van der Waals surface area contributed by atoms with Crippen LogP contribution in [-0.4, -0.2) is 121 Å². The summed E-state index contributed by atoms with van der Waals surface area (Å²) in [6.45, 7) is 6.49. The van der Waals surface area contributed by atoms with E-state index in [1.807, 2.05) is 53.7 Å². The minimum Gasteiger partial charge on any atom is -0.748 e. The van der Waals surface area contributed by atoms with Gasteiger partial charge in [0.2, 0.25) is 5.36 Å². The van der Waals surface area contributed by atoms with E-state index in [0.29, 0.717) is 49.0 Å². The summed E-state index contributed by atoms with van der Waals surface area (Å²) in [5.41, 5.74) is 2.24. The van der Waals surface area contributed by atoms with Crippen molar-refractivity contribution < 1.29 is 122 Å². The molecule has 2 heterocycles. The zero-order valence-corrected chi connectivity index (χ0v) is 39.8. The number of allylic oxidation sites excluding steroid dienone is 3. The Kier molecular flexibility index (Phi) is 22.0. The molecule has 1 aromatic carbocycles. The van der Waals surface area contributed by atoms with Crippen LogP contribution in [0.2, 0.25) is 0 Å². The second-order valence-corrected chi connectivity index (χ2v) is 17.6. The molecule has 310 valence electrons. The first-order valence-electron chi connectivity index (χ1n) is 18.0. The van der Waals surface area contributed by atoms with Crippen LogP contribution in [0.3, 0.4) is 0 Å². The van der Waals surface area contributed by atoms with E-state index >= 15 is 0 Å². The maximum absolute atomic E-state index is 12.1. The van der Waals surface area contributed by atoms with Crippen LogP contribution in [0, 0.1) is 0 Å². The molecular weight excluding hydrogens is 839 g/mol. The first-order valence-corrected chi connectivity index (χ1v) is 22.6. The number of nitrogens with zero attached hydrogens (tertiary/aromatic N) is 2. The van der Waals surface area contributed by atoms with Crippen molar-refractivity contribution in [2.75, 3.05) is 82.3 Å². The third-order valence-electron chi connectivity index (χ3n) is 9.33. The predicted octanol–water partition coefficient (Wildman–Crippen LogP) is -3.93.